The third-order valence-electron chi connectivity index (χ3n) is 2.83. The van der Waals surface area contributed by atoms with Crippen LogP contribution in [-0.4, -0.2) is 10.7 Å². The van der Waals surface area contributed by atoms with E-state index in [2.05, 4.69) is 21.1 Å². The molecule has 2 aliphatic rings. The molecule has 2 rings (SSSR count). The van der Waals surface area contributed by atoms with Gasteiger partial charge in [0.05, 0.1) is 0 Å². The SMILES string of the molecule is BrC1=NO[C@@H](C2CCCCC2)C1. The maximum absolute atomic E-state index is 5.35. The lowest BCUT2D eigenvalue weighted by Gasteiger charge is -2.25. The zero-order chi connectivity index (χ0) is 8.39. The van der Waals surface area contributed by atoms with Crippen molar-refractivity contribution in [1.82, 2.24) is 0 Å². The summed E-state index contributed by atoms with van der Waals surface area (Å²) >= 11 is 3.37. The fraction of sp³-hybridized carbons (Fsp3) is 0.889. The molecule has 0 amide bonds. The highest BCUT2D eigenvalue weighted by atomic mass is 79.9. The molecule has 0 saturated heterocycles. The number of hydrogen-bond donors (Lipinski definition) is 0. The largest absolute Gasteiger partial charge is 0.391 e. The molecule has 0 radical (unpaired) electrons. The molecule has 1 aliphatic heterocycles. The van der Waals surface area contributed by atoms with Crippen molar-refractivity contribution < 1.29 is 4.84 Å². The van der Waals surface area contributed by atoms with Gasteiger partial charge in [0.15, 0.2) is 0 Å². The molecule has 68 valence electrons. The number of oxime groups is 1. The van der Waals surface area contributed by atoms with Gasteiger partial charge in [-0.3, -0.25) is 0 Å². The molecule has 1 saturated carbocycles. The van der Waals surface area contributed by atoms with Crippen molar-refractivity contribution in [2.24, 2.45) is 11.1 Å². The van der Waals surface area contributed by atoms with Crippen molar-refractivity contribution in [3.05, 3.63) is 0 Å². The van der Waals surface area contributed by atoms with Crippen LogP contribution < -0.4 is 0 Å². The van der Waals surface area contributed by atoms with Gasteiger partial charge in [0.1, 0.15) is 10.7 Å². The Labute approximate surface area is 81.5 Å². The van der Waals surface area contributed by atoms with Crippen LogP contribution in [-0.2, 0) is 4.84 Å². The van der Waals surface area contributed by atoms with Gasteiger partial charge in [0.2, 0.25) is 0 Å². The number of rotatable bonds is 1. The summed E-state index contributed by atoms with van der Waals surface area (Å²) in [5, 5.41) is 3.93. The molecule has 0 aromatic heterocycles. The zero-order valence-electron chi connectivity index (χ0n) is 7.13. The molecule has 0 unspecified atom stereocenters. The van der Waals surface area contributed by atoms with Crippen LogP contribution in [0.1, 0.15) is 38.5 Å². The molecule has 2 nitrogen and oxygen atoms in total. The maximum atomic E-state index is 5.35. The predicted octanol–water partition coefficient (Wildman–Crippen LogP) is 3.06. The van der Waals surface area contributed by atoms with Crippen LogP contribution >= 0.6 is 15.9 Å². The van der Waals surface area contributed by atoms with E-state index in [1.807, 2.05) is 0 Å². The van der Waals surface area contributed by atoms with E-state index in [1.165, 1.54) is 32.1 Å². The molecule has 12 heavy (non-hydrogen) atoms. The minimum Gasteiger partial charge on any atom is -0.391 e. The predicted molar refractivity (Wildman–Crippen MR) is 52.4 cm³/mol. The van der Waals surface area contributed by atoms with Gasteiger partial charge in [-0.1, -0.05) is 24.4 Å². The van der Waals surface area contributed by atoms with E-state index in [-0.39, 0.29) is 0 Å². The number of hydrogen-bond acceptors (Lipinski definition) is 2. The first-order valence-electron chi connectivity index (χ1n) is 4.74. The van der Waals surface area contributed by atoms with Crippen molar-refractivity contribution in [3.8, 4) is 0 Å². The zero-order valence-corrected chi connectivity index (χ0v) is 8.72. The summed E-state index contributed by atoms with van der Waals surface area (Å²) in [5.41, 5.74) is 0. The highest BCUT2D eigenvalue weighted by Crippen LogP contribution is 2.32. The highest BCUT2D eigenvalue weighted by molar-refractivity contribution is 9.18. The Morgan fingerprint density at radius 2 is 2.00 bits per heavy atom. The topological polar surface area (TPSA) is 21.6 Å². The van der Waals surface area contributed by atoms with E-state index in [9.17, 15) is 0 Å². The standard InChI is InChI=1S/C9H14BrNO/c10-9-6-8(12-11-9)7-4-2-1-3-5-7/h7-8H,1-6H2/t8-/m1/s1. The van der Waals surface area contributed by atoms with Gasteiger partial charge in [-0.15, -0.1) is 0 Å². The lowest BCUT2D eigenvalue weighted by molar-refractivity contribution is 0.0268. The van der Waals surface area contributed by atoms with Crippen molar-refractivity contribution in [3.63, 3.8) is 0 Å². The average molecular weight is 232 g/mol. The van der Waals surface area contributed by atoms with E-state index in [1.54, 1.807) is 0 Å². The summed E-state index contributed by atoms with van der Waals surface area (Å²) in [6, 6.07) is 0. The van der Waals surface area contributed by atoms with E-state index in [0.29, 0.717) is 6.10 Å². The van der Waals surface area contributed by atoms with Crippen LogP contribution in [0.5, 0.6) is 0 Å². The Balaban J connectivity index is 1.85. The summed E-state index contributed by atoms with van der Waals surface area (Å²) in [6.45, 7) is 0. The third-order valence-corrected chi connectivity index (χ3v) is 3.30. The molecular formula is C9H14BrNO. The molecular weight excluding hydrogens is 218 g/mol. The van der Waals surface area contributed by atoms with Crippen LogP contribution in [0, 0.1) is 5.92 Å². The molecule has 0 N–H and O–H groups in total. The average Bonchev–Trinajstić information content (AvgIpc) is 2.54. The van der Waals surface area contributed by atoms with E-state index < -0.39 is 0 Å². The van der Waals surface area contributed by atoms with Gasteiger partial charge >= 0.3 is 0 Å². The smallest absolute Gasteiger partial charge is 0.136 e. The van der Waals surface area contributed by atoms with Crippen LogP contribution in [0.2, 0.25) is 0 Å². The van der Waals surface area contributed by atoms with Crippen molar-refractivity contribution in [2.75, 3.05) is 0 Å². The highest BCUT2D eigenvalue weighted by Gasteiger charge is 2.29. The molecule has 0 bridgehead atoms. The molecule has 1 aliphatic carbocycles. The Kier molecular flexibility index (Phi) is 2.69. The van der Waals surface area contributed by atoms with Crippen LogP contribution in [0.3, 0.4) is 0 Å². The fourth-order valence-electron chi connectivity index (χ4n) is 2.12. The third kappa shape index (κ3) is 1.82. The molecule has 1 fully saturated rings. The second kappa shape index (κ2) is 3.77. The van der Waals surface area contributed by atoms with Gasteiger partial charge in [-0.05, 0) is 34.7 Å². The molecule has 3 heteroatoms. The van der Waals surface area contributed by atoms with Gasteiger partial charge < -0.3 is 4.84 Å². The summed E-state index contributed by atoms with van der Waals surface area (Å²) in [5.74, 6) is 0.762. The molecule has 0 spiro atoms. The minimum absolute atomic E-state index is 0.375. The second-order valence-electron chi connectivity index (χ2n) is 3.71. The van der Waals surface area contributed by atoms with Crippen LogP contribution in [0.15, 0.2) is 5.16 Å². The van der Waals surface area contributed by atoms with Crippen molar-refractivity contribution >= 4 is 20.6 Å². The number of nitrogens with zero attached hydrogens (tertiary/aromatic N) is 1. The first-order valence-corrected chi connectivity index (χ1v) is 5.54. The minimum atomic E-state index is 0.375. The van der Waals surface area contributed by atoms with E-state index >= 15 is 0 Å². The Hall–Kier alpha value is -0.0500. The monoisotopic (exact) mass is 231 g/mol. The van der Waals surface area contributed by atoms with E-state index in [0.717, 1.165) is 17.0 Å². The van der Waals surface area contributed by atoms with E-state index in [4.69, 9.17) is 4.84 Å². The summed E-state index contributed by atoms with van der Waals surface area (Å²) in [4.78, 5) is 5.35. The second-order valence-corrected chi connectivity index (χ2v) is 4.63. The lowest BCUT2D eigenvalue weighted by Crippen LogP contribution is -2.22. The quantitative estimate of drug-likeness (QED) is 0.680. The van der Waals surface area contributed by atoms with Gasteiger partial charge in [0, 0.05) is 6.42 Å². The molecule has 1 atom stereocenters. The number of halogens is 1. The Morgan fingerprint density at radius 3 is 2.58 bits per heavy atom. The van der Waals surface area contributed by atoms with Crippen molar-refractivity contribution in [2.45, 2.75) is 44.6 Å². The lowest BCUT2D eigenvalue weighted by atomic mass is 9.84. The first-order chi connectivity index (χ1) is 5.86. The Bertz CT molecular complexity index is 187. The van der Waals surface area contributed by atoms with Gasteiger partial charge in [-0.2, -0.15) is 0 Å². The Morgan fingerprint density at radius 1 is 1.25 bits per heavy atom. The summed E-state index contributed by atoms with van der Waals surface area (Å²) in [7, 11) is 0. The van der Waals surface area contributed by atoms with Gasteiger partial charge in [-0.25, -0.2) is 0 Å². The molecule has 0 aromatic carbocycles. The normalized spacial score (nSPS) is 31.4. The van der Waals surface area contributed by atoms with Crippen molar-refractivity contribution in [1.29, 1.82) is 0 Å². The van der Waals surface area contributed by atoms with Gasteiger partial charge in [0.25, 0.3) is 0 Å². The fourth-order valence-corrected chi connectivity index (χ4v) is 2.53. The molecule has 1 heterocycles. The van der Waals surface area contributed by atoms with Crippen LogP contribution in [0.25, 0.3) is 0 Å². The summed E-state index contributed by atoms with van der Waals surface area (Å²) in [6.07, 6.45) is 8.20. The van der Waals surface area contributed by atoms with Crippen LogP contribution in [0.4, 0.5) is 0 Å². The summed E-state index contributed by atoms with van der Waals surface area (Å²) < 4.78 is 0.984. The first kappa shape index (κ1) is 8.54. The molecule has 0 aromatic rings. The maximum Gasteiger partial charge on any atom is 0.136 e.